The molecule has 0 aromatic carbocycles. The summed E-state index contributed by atoms with van der Waals surface area (Å²) in [5, 5.41) is 9.68. The van der Waals surface area contributed by atoms with E-state index < -0.39 is 0 Å². The maximum Gasteiger partial charge on any atom is 0.240 e. The summed E-state index contributed by atoms with van der Waals surface area (Å²) in [6, 6.07) is 2.46. The summed E-state index contributed by atoms with van der Waals surface area (Å²) in [7, 11) is 1.98. The molecule has 6 heteroatoms. The molecule has 1 atom stereocenters. The summed E-state index contributed by atoms with van der Waals surface area (Å²) >= 11 is 3.16. The molecule has 0 fully saturated rings. The predicted octanol–water partition coefficient (Wildman–Crippen LogP) is 3.01. The molecule has 0 aliphatic heterocycles. The minimum atomic E-state index is -0.0148. The van der Waals surface area contributed by atoms with Crippen molar-refractivity contribution in [1.29, 1.82) is 0 Å². The number of likely N-dealkylation sites (N-methyl/N-ethyl adjacent to an activating group) is 1. The number of nitrogens with zero attached hydrogens (tertiary/aromatic N) is 2. The molecule has 0 saturated heterocycles. The third-order valence-electron chi connectivity index (χ3n) is 3.12. The number of carbonyl (C=O) groups excluding carboxylic acids is 1. The van der Waals surface area contributed by atoms with E-state index >= 15 is 0 Å². The van der Waals surface area contributed by atoms with Gasteiger partial charge in [0.2, 0.25) is 5.91 Å². The molecule has 0 bridgehead atoms. The van der Waals surface area contributed by atoms with Crippen molar-refractivity contribution in [2.45, 2.75) is 26.3 Å². The Hall–Kier alpha value is -1.24. The largest absolute Gasteiger partial charge is 0.301 e. The predicted molar refractivity (Wildman–Crippen MR) is 85.6 cm³/mol. The van der Waals surface area contributed by atoms with E-state index in [2.05, 4.69) is 39.0 Å². The highest BCUT2D eigenvalue weighted by Crippen LogP contribution is 2.15. The Morgan fingerprint density at radius 1 is 1.50 bits per heavy atom. The van der Waals surface area contributed by atoms with Crippen LogP contribution in [-0.4, -0.2) is 35.4 Å². The fourth-order valence-electron chi connectivity index (χ4n) is 1.86. The normalized spacial score (nSPS) is 12.6. The van der Waals surface area contributed by atoms with Crippen LogP contribution in [0.25, 0.3) is 0 Å². The highest BCUT2D eigenvalue weighted by molar-refractivity contribution is 7.13. The molecule has 0 radical (unpaired) electrons. The second-order valence-corrected chi connectivity index (χ2v) is 6.58. The third kappa shape index (κ3) is 4.40. The number of thiophene rings is 1. The van der Waals surface area contributed by atoms with Crippen LogP contribution in [0.3, 0.4) is 0 Å². The molecule has 2 heterocycles. The standard InChI is InChI=1S/C14H19N3OS2/c1-10-8-20-14(15-10)16-13(18)7-17(3)11(2)6-12-4-5-19-9-12/h4-5,8-9,11H,6-7H2,1-3H3,(H,15,16,18)/t11-/m1/s1. The fourth-order valence-corrected chi connectivity index (χ4v) is 3.24. The zero-order valence-corrected chi connectivity index (χ0v) is 13.6. The summed E-state index contributed by atoms with van der Waals surface area (Å²) in [6.45, 7) is 4.43. The number of rotatable bonds is 6. The first kappa shape index (κ1) is 15.2. The average Bonchev–Trinajstić information content (AvgIpc) is 3.01. The van der Waals surface area contributed by atoms with Crippen LogP contribution in [0, 0.1) is 6.92 Å². The second kappa shape index (κ2) is 6.97. The van der Waals surface area contributed by atoms with E-state index in [1.54, 1.807) is 11.3 Å². The van der Waals surface area contributed by atoms with E-state index in [4.69, 9.17) is 0 Å². The zero-order chi connectivity index (χ0) is 14.5. The molecule has 0 saturated carbocycles. The Kier molecular flexibility index (Phi) is 5.28. The number of hydrogen-bond acceptors (Lipinski definition) is 5. The second-order valence-electron chi connectivity index (χ2n) is 4.94. The summed E-state index contributed by atoms with van der Waals surface area (Å²) < 4.78 is 0. The topological polar surface area (TPSA) is 45.2 Å². The Morgan fingerprint density at radius 2 is 2.30 bits per heavy atom. The van der Waals surface area contributed by atoms with E-state index in [9.17, 15) is 4.79 Å². The van der Waals surface area contributed by atoms with E-state index in [1.807, 2.05) is 19.4 Å². The minimum absolute atomic E-state index is 0.0148. The number of aryl methyl sites for hydroxylation is 1. The number of aromatic nitrogens is 1. The van der Waals surface area contributed by atoms with Gasteiger partial charge in [0.25, 0.3) is 0 Å². The van der Waals surface area contributed by atoms with Gasteiger partial charge in [0.1, 0.15) is 0 Å². The van der Waals surface area contributed by atoms with Crippen molar-refractivity contribution in [2.24, 2.45) is 0 Å². The summed E-state index contributed by atoms with van der Waals surface area (Å²) in [5.74, 6) is -0.0148. The zero-order valence-electron chi connectivity index (χ0n) is 11.9. The Balaban J connectivity index is 1.81. The van der Waals surface area contributed by atoms with Gasteiger partial charge in [-0.15, -0.1) is 11.3 Å². The van der Waals surface area contributed by atoms with Crippen molar-refractivity contribution < 1.29 is 4.79 Å². The maximum absolute atomic E-state index is 12.0. The number of amides is 1. The molecule has 0 spiro atoms. The van der Waals surface area contributed by atoms with Crippen molar-refractivity contribution >= 4 is 33.7 Å². The lowest BCUT2D eigenvalue weighted by Crippen LogP contribution is -2.37. The monoisotopic (exact) mass is 309 g/mol. The van der Waals surface area contributed by atoms with Crippen LogP contribution in [0.4, 0.5) is 5.13 Å². The van der Waals surface area contributed by atoms with Crippen molar-refractivity contribution in [1.82, 2.24) is 9.88 Å². The first-order valence-corrected chi connectivity index (χ1v) is 8.30. The van der Waals surface area contributed by atoms with Crippen LogP contribution in [-0.2, 0) is 11.2 Å². The van der Waals surface area contributed by atoms with Gasteiger partial charge in [0, 0.05) is 11.4 Å². The first-order chi connectivity index (χ1) is 9.54. The van der Waals surface area contributed by atoms with Gasteiger partial charge in [-0.3, -0.25) is 9.69 Å². The first-order valence-electron chi connectivity index (χ1n) is 6.48. The molecule has 1 N–H and O–H groups in total. The molecular formula is C14H19N3OS2. The number of anilines is 1. The molecule has 0 aliphatic rings. The molecule has 0 unspecified atom stereocenters. The molecule has 0 aliphatic carbocycles. The van der Waals surface area contributed by atoms with Crippen LogP contribution >= 0.6 is 22.7 Å². The van der Waals surface area contributed by atoms with Gasteiger partial charge in [-0.05, 0) is 49.7 Å². The van der Waals surface area contributed by atoms with Crippen LogP contribution in [0.5, 0.6) is 0 Å². The SMILES string of the molecule is Cc1csc(NC(=O)CN(C)[C@H](C)Cc2ccsc2)n1. The van der Waals surface area contributed by atoms with Gasteiger partial charge < -0.3 is 5.32 Å². The summed E-state index contributed by atoms with van der Waals surface area (Å²) in [5.41, 5.74) is 2.26. The number of thiazole rings is 1. The smallest absolute Gasteiger partial charge is 0.240 e. The molecule has 4 nitrogen and oxygen atoms in total. The van der Waals surface area contributed by atoms with Crippen molar-refractivity contribution in [3.63, 3.8) is 0 Å². The van der Waals surface area contributed by atoms with Crippen molar-refractivity contribution in [3.05, 3.63) is 33.5 Å². The van der Waals surface area contributed by atoms with Crippen molar-refractivity contribution in [3.8, 4) is 0 Å². The van der Waals surface area contributed by atoms with Gasteiger partial charge in [-0.1, -0.05) is 0 Å². The maximum atomic E-state index is 12.0. The number of carbonyl (C=O) groups is 1. The third-order valence-corrected chi connectivity index (χ3v) is 4.73. The molecular weight excluding hydrogens is 290 g/mol. The Bertz CT molecular complexity index is 551. The highest BCUT2D eigenvalue weighted by Gasteiger charge is 2.14. The van der Waals surface area contributed by atoms with E-state index in [1.165, 1.54) is 16.9 Å². The molecule has 2 rings (SSSR count). The van der Waals surface area contributed by atoms with Crippen LogP contribution < -0.4 is 5.32 Å². The minimum Gasteiger partial charge on any atom is -0.301 e. The average molecular weight is 309 g/mol. The quantitative estimate of drug-likeness (QED) is 0.892. The Morgan fingerprint density at radius 3 is 2.90 bits per heavy atom. The van der Waals surface area contributed by atoms with E-state index in [-0.39, 0.29) is 5.91 Å². The lowest BCUT2D eigenvalue weighted by atomic mass is 10.1. The van der Waals surface area contributed by atoms with E-state index in [0.717, 1.165) is 12.1 Å². The molecule has 1 amide bonds. The number of hydrogen-bond donors (Lipinski definition) is 1. The molecule has 20 heavy (non-hydrogen) atoms. The molecule has 108 valence electrons. The summed E-state index contributed by atoms with van der Waals surface area (Å²) in [6.07, 6.45) is 0.962. The van der Waals surface area contributed by atoms with Gasteiger partial charge in [0.05, 0.1) is 12.2 Å². The fraction of sp³-hybridized carbons (Fsp3) is 0.429. The van der Waals surface area contributed by atoms with Crippen molar-refractivity contribution in [2.75, 3.05) is 18.9 Å². The van der Waals surface area contributed by atoms with Crippen LogP contribution in [0.1, 0.15) is 18.2 Å². The van der Waals surface area contributed by atoms with Crippen LogP contribution in [0.15, 0.2) is 22.2 Å². The van der Waals surface area contributed by atoms with Crippen LogP contribution in [0.2, 0.25) is 0 Å². The van der Waals surface area contributed by atoms with E-state index in [0.29, 0.717) is 17.7 Å². The lowest BCUT2D eigenvalue weighted by molar-refractivity contribution is -0.117. The van der Waals surface area contributed by atoms with Gasteiger partial charge in [0.15, 0.2) is 5.13 Å². The summed E-state index contributed by atoms with van der Waals surface area (Å²) in [4.78, 5) is 18.3. The Labute approximate surface area is 127 Å². The highest BCUT2D eigenvalue weighted by atomic mass is 32.1. The van der Waals surface area contributed by atoms with Gasteiger partial charge in [-0.25, -0.2) is 4.98 Å². The molecule has 2 aromatic heterocycles. The van der Waals surface area contributed by atoms with Gasteiger partial charge >= 0.3 is 0 Å². The van der Waals surface area contributed by atoms with Gasteiger partial charge in [-0.2, -0.15) is 11.3 Å². The molecule has 2 aromatic rings. The lowest BCUT2D eigenvalue weighted by Gasteiger charge is -2.23. The number of nitrogens with one attached hydrogen (secondary N) is 1.